The van der Waals surface area contributed by atoms with Gasteiger partial charge in [0.2, 0.25) is 5.60 Å². The molecule has 0 spiro atoms. The molecule has 0 bridgehead atoms. The van der Waals surface area contributed by atoms with Gasteiger partial charge in [-0.05, 0) is 59.5 Å². The van der Waals surface area contributed by atoms with E-state index in [1.54, 1.807) is 0 Å². The minimum Gasteiger partial charge on any atom is -0.489 e. The lowest BCUT2D eigenvalue weighted by Gasteiger charge is -2.41. The lowest BCUT2D eigenvalue weighted by atomic mass is 9.86. The van der Waals surface area contributed by atoms with Gasteiger partial charge in [-0.15, -0.1) is 0 Å². The fourth-order valence-corrected chi connectivity index (χ4v) is 5.58. The van der Waals surface area contributed by atoms with Gasteiger partial charge in [0.05, 0.1) is 25.0 Å². The molecule has 0 radical (unpaired) electrons. The van der Waals surface area contributed by atoms with Crippen LogP contribution in [0, 0.1) is 11.8 Å². The van der Waals surface area contributed by atoms with Crippen LogP contribution in [-0.2, 0) is 47.1 Å². The van der Waals surface area contributed by atoms with Crippen LogP contribution in [-0.4, -0.2) is 21.8 Å². The first-order valence-electron chi connectivity index (χ1n) is 14.6. The van der Waals surface area contributed by atoms with E-state index in [9.17, 15) is 0 Å². The topological polar surface area (TPSA) is 37.5 Å². The Labute approximate surface area is 254 Å². The van der Waals surface area contributed by atoms with Crippen molar-refractivity contribution in [1.82, 2.24) is 9.13 Å². The molecule has 5 aromatic rings. The normalized spacial score (nSPS) is 19.7. The highest BCUT2D eigenvalue weighted by molar-refractivity contribution is 5.46. The molecule has 2 aromatic heterocycles. The Morgan fingerprint density at radius 3 is 1.98 bits per heavy atom. The Morgan fingerprint density at radius 1 is 0.721 bits per heavy atom. The zero-order valence-electron chi connectivity index (χ0n) is 24.6. The summed E-state index contributed by atoms with van der Waals surface area (Å²) in [7, 11) is 4.08. The first-order chi connectivity index (χ1) is 21.1. The quantitative estimate of drug-likeness (QED) is 0.178. The van der Waals surface area contributed by atoms with E-state index >= 15 is 0 Å². The van der Waals surface area contributed by atoms with Gasteiger partial charge in [0.1, 0.15) is 12.4 Å². The van der Waals surface area contributed by atoms with E-state index in [1.165, 1.54) is 0 Å². The van der Waals surface area contributed by atoms with E-state index in [2.05, 4.69) is 82.8 Å². The zero-order chi connectivity index (χ0) is 29.5. The maximum absolute atomic E-state index is 7.23. The summed E-state index contributed by atoms with van der Waals surface area (Å²) in [5.41, 5.74) is 3.95. The van der Waals surface area contributed by atoms with Crippen LogP contribution in [0.5, 0.6) is 0 Å². The van der Waals surface area contributed by atoms with Crippen molar-refractivity contribution in [2.75, 3.05) is 6.61 Å². The number of aryl methyl sites for hydroxylation is 2. The van der Waals surface area contributed by atoms with Crippen molar-refractivity contribution < 1.29 is 14.2 Å². The van der Waals surface area contributed by atoms with Crippen LogP contribution in [0.1, 0.15) is 34.0 Å². The fraction of sp³-hybridized carbons (Fsp3) is 0.211. The van der Waals surface area contributed by atoms with Gasteiger partial charge in [-0.1, -0.05) is 84.8 Å². The van der Waals surface area contributed by atoms with Gasteiger partial charge in [-0.3, -0.25) is 0 Å². The van der Waals surface area contributed by atoms with Gasteiger partial charge in [-0.2, -0.15) is 0 Å². The average molecular weight is 569 g/mol. The third-order valence-corrected chi connectivity index (χ3v) is 7.82. The molecule has 216 valence electrons. The van der Waals surface area contributed by atoms with Gasteiger partial charge < -0.3 is 23.3 Å². The molecule has 1 aliphatic rings. The van der Waals surface area contributed by atoms with Crippen molar-refractivity contribution in [2.45, 2.75) is 30.8 Å². The Kier molecular flexibility index (Phi) is 8.60. The van der Waals surface area contributed by atoms with Crippen LogP contribution in [0.3, 0.4) is 0 Å². The molecular weight excluding hydrogens is 532 g/mol. The van der Waals surface area contributed by atoms with E-state index < -0.39 is 5.60 Å². The molecule has 0 fully saturated rings. The minimum absolute atomic E-state index is 0.117. The average Bonchev–Trinajstić information content (AvgIpc) is 3.68. The Morgan fingerprint density at radius 2 is 1.35 bits per heavy atom. The Hall–Kier alpha value is -4.76. The lowest BCUT2D eigenvalue weighted by Crippen LogP contribution is -2.45. The molecule has 0 aliphatic carbocycles. The van der Waals surface area contributed by atoms with Crippen LogP contribution in [0.4, 0.5) is 0 Å². The second kappa shape index (κ2) is 13.0. The van der Waals surface area contributed by atoms with Crippen LogP contribution in [0.15, 0.2) is 139 Å². The molecular formula is C38H36N2O3. The van der Waals surface area contributed by atoms with E-state index in [-0.39, 0.29) is 12.0 Å². The molecule has 5 nitrogen and oxygen atoms in total. The summed E-state index contributed by atoms with van der Waals surface area (Å²) in [6.45, 7) is 1.27. The number of hydrogen-bond donors (Lipinski definition) is 0. The highest BCUT2D eigenvalue weighted by Gasteiger charge is 2.48. The minimum atomic E-state index is -1.16. The molecule has 1 aliphatic heterocycles. The van der Waals surface area contributed by atoms with E-state index in [0.717, 1.165) is 28.1 Å². The van der Waals surface area contributed by atoms with Crippen molar-refractivity contribution in [3.8, 4) is 11.8 Å². The van der Waals surface area contributed by atoms with Crippen molar-refractivity contribution >= 4 is 0 Å². The summed E-state index contributed by atoms with van der Waals surface area (Å²) in [4.78, 5) is 0. The van der Waals surface area contributed by atoms with Crippen LogP contribution in [0.25, 0.3) is 0 Å². The predicted molar refractivity (Wildman–Crippen MR) is 169 cm³/mol. The van der Waals surface area contributed by atoms with Crippen molar-refractivity contribution in [1.29, 1.82) is 0 Å². The highest BCUT2D eigenvalue weighted by Crippen LogP contribution is 2.44. The smallest absolute Gasteiger partial charge is 0.227 e. The molecule has 3 aromatic carbocycles. The van der Waals surface area contributed by atoms with Gasteiger partial charge in [0.15, 0.2) is 0 Å². The van der Waals surface area contributed by atoms with Gasteiger partial charge in [0.25, 0.3) is 0 Å². The van der Waals surface area contributed by atoms with E-state index in [1.807, 2.05) is 86.0 Å². The second-order valence-corrected chi connectivity index (χ2v) is 10.8. The predicted octanol–water partition coefficient (Wildman–Crippen LogP) is 7.11. The lowest BCUT2D eigenvalue weighted by molar-refractivity contribution is -0.121. The van der Waals surface area contributed by atoms with Crippen LogP contribution < -0.4 is 0 Å². The van der Waals surface area contributed by atoms with E-state index in [0.29, 0.717) is 25.6 Å². The third-order valence-electron chi connectivity index (χ3n) is 7.82. The monoisotopic (exact) mass is 568 g/mol. The number of ether oxygens (including phenoxy) is 3. The third kappa shape index (κ3) is 6.36. The maximum atomic E-state index is 7.23. The van der Waals surface area contributed by atoms with Crippen LogP contribution >= 0.6 is 0 Å². The molecule has 0 N–H and O–H groups in total. The molecule has 5 heteroatoms. The molecule has 0 saturated carbocycles. The van der Waals surface area contributed by atoms with Crippen molar-refractivity contribution in [3.63, 3.8) is 0 Å². The highest BCUT2D eigenvalue weighted by atomic mass is 16.6. The Bertz CT molecular complexity index is 1710. The van der Waals surface area contributed by atoms with Gasteiger partial charge >= 0.3 is 0 Å². The molecule has 0 saturated heterocycles. The molecule has 0 unspecified atom stereocenters. The number of benzene rings is 3. The van der Waals surface area contributed by atoms with Crippen molar-refractivity contribution in [2.24, 2.45) is 14.1 Å². The largest absolute Gasteiger partial charge is 0.489 e. The standard InChI is InChI=1S/C38H36N2O3/c1-39-24-12-20-34(39)33-26-37(42-28-32-18-10-5-11-19-32)38(36-21-13-25-40(36)2,23-22-30-14-6-3-7-15-30)43-35(33)29-41-27-31-16-8-4-9-17-31/h3-21,24-26,33,35H,27-29H2,1-2H3/t33-,35+,38+/m0/s1. The summed E-state index contributed by atoms with van der Waals surface area (Å²) in [5, 5.41) is 0. The molecule has 43 heavy (non-hydrogen) atoms. The summed E-state index contributed by atoms with van der Waals surface area (Å²) in [6, 6.07) is 38.7. The van der Waals surface area contributed by atoms with Crippen LogP contribution in [0.2, 0.25) is 0 Å². The zero-order valence-corrected chi connectivity index (χ0v) is 24.6. The summed E-state index contributed by atoms with van der Waals surface area (Å²) < 4.78 is 24.5. The first kappa shape index (κ1) is 28.4. The molecule has 3 heterocycles. The molecule has 3 atom stereocenters. The SMILES string of the molecule is Cn1cccc1[C@@H]1C=C(OCc2ccccc2)[C@@](C#Cc2ccccc2)(c2cccn2C)O[C@@H]1COCc1ccccc1. The maximum Gasteiger partial charge on any atom is 0.227 e. The fourth-order valence-electron chi connectivity index (χ4n) is 5.58. The summed E-state index contributed by atoms with van der Waals surface area (Å²) in [6.07, 6.45) is 5.94. The van der Waals surface area contributed by atoms with Crippen molar-refractivity contribution in [3.05, 3.63) is 168 Å². The first-order valence-corrected chi connectivity index (χ1v) is 14.6. The number of hydrogen-bond acceptors (Lipinski definition) is 3. The van der Waals surface area contributed by atoms with Gasteiger partial charge in [0, 0.05) is 43.7 Å². The summed E-state index contributed by atoms with van der Waals surface area (Å²) in [5.74, 6) is 7.51. The molecule has 6 rings (SSSR count). The number of rotatable bonds is 9. The number of aromatic nitrogens is 2. The second-order valence-electron chi connectivity index (χ2n) is 10.8. The Balaban J connectivity index is 1.46. The summed E-state index contributed by atoms with van der Waals surface area (Å²) >= 11 is 0. The van der Waals surface area contributed by atoms with Gasteiger partial charge in [-0.25, -0.2) is 0 Å². The van der Waals surface area contributed by atoms with E-state index in [4.69, 9.17) is 14.2 Å². The number of nitrogens with zero attached hydrogens (tertiary/aromatic N) is 2. The molecule has 0 amide bonds.